The van der Waals surface area contributed by atoms with Crippen LogP contribution < -0.4 is 10.6 Å². The number of nitrogens with one attached hydrogen (secondary N) is 2. The van der Waals surface area contributed by atoms with Gasteiger partial charge in [0, 0.05) is 32.2 Å². The summed E-state index contributed by atoms with van der Waals surface area (Å²) in [7, 11) is 1.78. The lowest BCUT2D eigenvalue weighted by Gasteiger charge is -2.35. The van der Waals surface area contributed by atoms with E-state index in [9.17, 15) is 9.59 Å². The predicted octanol–water partition coefficient (Wildman–Crippen LogP) is 0.467. The second kappa shape index (κ2) is 10.1. The maximum Gasteiger partial charge on any atom is 0.236 e. The average Bonchev–Trinajstić information content (AvgIpc) is 2.48. The highest BCUT2D eigenvalue weighted by atomic mass is 35.5. The standard InChI is InChI=1S/C16H30N4O2.ClH/c1-13-4-3-5-14(10-13)18-15(21)12-19-6-8-20(9-7-19)16(22)11-17-2;/h13-14,17H,3-12H2,1-2H3,(H,18,21);1H. The number of rotatable bonds is 5. The van der Waals surface area contributed by atoms with Crippen LogP contribution in [-0.2, 0) is 9.59 Å². The number of carbonyl (C=O) groups excluding carboxylic acids is 2. The lowest BCUT2D eigenvalue weighted by molar-refractivity contribution is -0.132. The normalized spacial score (nSPS) is 25.6. The predicted molar refractivity (Wildman–Crippen MR) is 93.8 cm³/mol. The Hall–Kier alpha value is -0.850. The Kier molecular flexibility index (Phi) is 8.87. The van der Waals surface area contributed by atoms with Crippen LogP contribution >= 0.6 is 12.4 Å². The summed E-state index contributed by atoms with van der Waals surface area (Å²) in [6.07, 6.45) is 4.73. The smallest absolute Gasteiger partial charge is 0.236 e. The van der Waals surface area contributed by atoms with Gasteiger partial charge in [0.25, 0.3) is 0 Å². The van der Waals surface area contributed by atoms with Crippen molar-refractivity contribution in [2.75, 3.05) is 46.3 Å². The molecule has 2 N–H and O–H groups in total. The first-order valence-corrected chi connectivity index (χ1v) is 8.52. The van der Waals surface area contributed by atoms with E-state index in [0.29, 0.717) is 32.2 Å². The molecule has 2 rings (SSSR count). The first-order chi connectivity index (χ1) is 10.6. The summed E-state index contributed by atoms with van der Waals surface area (Å²) >= 11 is 0. The van der Waals surface area contributed by atoms with Crippen molar-refractivity contribution in [3.63, 3.8) is 0 Å². The van der Waals surface area contributed by atoms with Gasteiger partial charge in [-0.1, -0.05) is 19.8 Å². The molecule has 2 atom stereocenters. The topological polar surface area (TPSA) is 64.7 Å². The molecule has 6 nitrogen and oxygen atoms in total. The Morgan fingerprint density at radius 2 is 1.83 bits per heavy atom. The number of piperazine rings is 1. The molecule has 134 valence electrons. The summed E-state index contributed by atoms with van der Waals surface area (Å²) in [5.41, 5.74) is 0. The van der Waals surface area contributed by atoms with E-state index < -0.39 is 0 Å². The van der Waals surface area contributed by atoms with Crippen LogP contribution in [0.2, 0.25) is 0 Å². The monoisotopic (exact) mass is 346 g/mol. The minimum absolute atomic E-state index is 0. The second-order valence-corrected chi connectivity index (χ2v) is 6.72. The van der Waals surface area contributed by atoms with Gasteiger partial charge in [-0.05, 0) is 25.8 Å². The fourth-order valence-corrected chi connectivity index (χ4v) is 3.46. The highest BCUT2D eigenvalue weighted by molar-refractivity contribution is 5.85. The van der Waals surface area contributed by atoms with Crippen LogP contribution in [0.25, 0.3) is 0 Å². The van der Waals surface area contributed by atoms with Crippen LogP contribution in [-0.4, -0.2) is 74.0 Å². The zero-order valence-electron chi connectivity index (χ0n) is 14.3. The van der Waals surface area contributed by atoms with Gasteiger partial charge >= 0.3 is 0 Å². The average molecular weight is 347 g/mol. The van der Waals surface area contributed by atoms with E-state index in [-0.39, 0.29) is 24.2 Å². The molecule has 1 aliphatic heterocycles. The summed E-state index contributed by atoms with van der Waals surface area (Å²) < 4.78 is 0. The van der Waals surface area contributed by atoms with Crippen molar-refractivity contribution < 1.29 is 9.59 Å². The molecule has 0 aromatic carbocycles. The Balaban J connectivity index is 0.00000264. The third kappa shape index (κ3) is 6.65. The first kappa shape index (κ1) is 20.2. The molecule has 1 heterocycles. The Bertz CT molecular complexity index is 386. The molecule has 7 heteroatoms. The Labute approximate surface area is 145 Å². The quantitative estimate of drug-likeness (QED) is 0.759. The van der Waals surface area contributed by atoms with E-state index in [1.807, 2.05) is 4.90 Å². The summed E-state index contributed by atoms with van der Waals surface area (Å²) in [6.45, 7) is 6.11. The van der Waals surface area contributed by atoms with Crippen molar-refractivity contribution in [2.45, 2.75) is 38.6 Å². The molecule has 2 fully saturated rings. The summed E-state index contributed by atoms with van der Waals surface area (Å²) in [5, 5.41) is 6.07. The zero-order chi connectivity index (χ0) is 15.9. The van der Waals surface area contributed by atoms with Crippen LogP contribution in [0.15, 0.2) is 0 Å². The van der Waals surface area contributed by atoms with Crippen molar-refractivity contribution in [3.05, 3.63) is 0 Å². The van der Waals surface area contributed by atoms with Gasteiger partial charge in [-0.3, -0.25) is 14.5 Å². The van der Waals surface area contributed by atoms with Crippen molar-refractivity contribution in [2.24, 2.45) is 5.92 Å². The van der Waals surface area contributed by atoms with Crippen LogP contribution in [0.4, 0.5) is 0 Å². The molecule has 0 aromatic heterocycles. The van der Waals surface area contributed by atoms with Crippen molar-refractivity contribution in [1.29, 1.82) is 0 Å². The lowest BCUT2D eigenvalue weighted by atomic mass is 9.87. The number of hydrogen-bond donors (Lipinski definition) is 2. The Morgan fingerprint density at radius 3 is 2.43 bits per heavy atom. The molecule has 2 unspecified atom stereocenters. The van der Waals surface area contributed by atoms with Gasteiger partial charge < -0.3 is 15.5 Å². The van der Waals surface area contributed by atoms with E-state index in [1.54, 1.807) is 7.05 Å². The number of likely N-dealkylation sites (N-methyl/N-ethyl adjacent to an activating group) is 1. The maximum absolute atomic E-state index is 12.2. The Morgan fingerprint density at radius 1 is 1.13 bits per heavy atom. The van der Waals surface area contributed by atoms with Gasteiger partial charge in [-0.2, -0.15) is 0 Å². The molecule has 0 bridgehead atoms. The largest absolute Gasteiger partial charge is 0.352 e. The van der Waals surface area contributed by atoms with E-state index in [4.69, 9.17) is 0 Å². The number of hydrogen-bond acceptors (Lipinski definition) is 4. The third-order valence-corrected chi connectivity index (χ3v) is 4.72. The summed E-state index contributed by atoms with van der Waals surface area (Å²) in [6, 6.07) is 0.356. The fourth-order valence-electron chi connectivity index (χ4n) is 3.46. The molecular weight excluding hydrogens is 316 g/mol. The minimum atomic E-state index is 0. The number of nitrogens with zero attached hydrogens (tertiary/aromatic N) is 2. The van der Waals surface area contributed by atoms with Gasteiger partial charge in [-0.25, -0.2) is 0 Å². The SMILES string of the molecule is CNCC(=O)N1CCN(CC(=O)NC2CCCC(C)C2)CC1.Cl. The van der Waals surface area contributed by atoms with Crippen molar-refractivity contribution in [3.8, 4) is 0 Å². The number of amides is 2. The third-order valence-electron chi connectivity index (χ3n) is 4.72. The van der Waals surface area contributed by atoms with Gasteiger partial charge in [0.05, 0.1) is 13.1 Å². The molecule has 2 amide bonds. The van der Waals surface area contributed by atoms with Crippen LogP contribution in [0, 0.1) is 5.92 Å². The summed E-state index contributed by atoms with van der Waals surface area (Å²) in [4.78, 5) is 28.0. The number of carbonyl (C=O) groups is 2. The molecular formula is C16H31ClN4O2. The molecule has 0 radical (unpaired) electrons. The molecule has 0 aromatic rings. The minimum Gasteiger partial charge on any atom is -0.352 e. The van der Waals surface area contributed by atoms with Crippen LogP contribution in [0.3, 0.4) is 0 Å². The second-order valence-electron chi connectivity index (χ2n) is 6.72. The summed E-state index contributed by atoms with van der Waals surface area (Å²) in [5.74, 6) is 0.998. The molecule has 1 saturated heterocycles. The molecule has 23 heavy (non-hydrogen) atoms. The van der Waals surface area contributed by atoms with E-state index in [0.717, 1.165) is 31.8 Å². The molecule has 0 spiro atoms. The zero-order valence-corrected chi connectivity index (χ0v) is 15.2. The lowest BCUT2D eigenvalue weighted by Crippen LogP contribution is -2.53. The fraction of sp³-hybridized carbons (Fsp3) is 0.875. The van der Waals surface area contributed by atoms with E-state index >= 15 is 0 Å². The molecule has 2 aliphatic rings. The number of halogens is 1. The van der Waals surface area contributed by atoms with Crippen molar-refractivity contribution >= 4 is 24.2 Å². The van der Waals surface area contributed by atoms with E-state index in [1.165, 1.54) is 12.8 Å². The maximum atomic E-state index is 12.2. The van der Waals surface area contributed by atoms with Gasteiger partial charge in [0.1, 0.15) is 0 Å². The van der Waals surface area contributed by atoms with Crippen LogP contribution in [0.5, 0.6) is 0 Å². The molecule has 1 saturated carbocycles. The highest BCUT2D eigenvalue weighted by Crippen LogP contribution is 2.23. The molecule has 1 aliphatic carbocycles. The first-order valence-electron chi connectivity index (χ1n) is 8.52. The van der Waals surface area contributed by atoms with Crippen LogP contribution in [0.1, 0.15) is 32.6 Å². The van der Waals surface area contributed by atoms with Gasteiger partial charge in [0.15, 0.2) is 0 Å². The highest BCUT2D eigenvalue weighted by Gasteiger charge is 2.24. The van der Waals surface area contributed by atoms with Gasteiger partial charge in [-0.15, -0.1) is 12.4 Å². The van der Waals surface area contributed by atoms with Gasteiger partial charge in [0.2, 0.25) is 11.8 Å². The van der Waals surface area contributed by atoms with Crippen molar-refractivity contribution in [1.82, 2.24) is 20.4 Å². The van der Waals surface area contributed by atoms with E-state index in [2.05, 4.69) is 22.5 Å².